The summed E-state index contributed by atoms with van der Waals surface area (Å²) in [4.78, 5) is 0. The van der Waals surface area contributed by atoms with E-state index in [9.17, 15) is 8.42 Å². The second-order valence-electron chi connectivity index (χ2n) is 3.45. The van der Waals surface area contributed by atoms with Gasteiger partial charge in [0.25, 0.3) is 0 Å². The lowest BCUT2D eigenvalue weighted by atomic mass is 10.1. The van der Waals surface area contributed by atoms with Crippen molar-refractivity contribution in [2.75, 3.05) is 6.54 Å². The van der Waals surface area contributed by atoms with E-state index in [1.807, 2.05) is 13.0 Å². The normalized spacial score (nSPS) is 15.9. The maximum Gasteiger partial charge on any atom is 0.230 e. The van der Waals surface area contributed by atoms with Gasteiger partial charge in [0.1, 0.15) is 0 Å². The monoisotopic (exact) mass is 218 g/mol. The molecule has 0 radical (unpaired) electrons. The first-order valence-electron chi connectivity index (χ1n) is 4.84. The van der Waals surface area contributed by atoms with Gasteiger partial charge in [-0.05, 0) is 13.3 Å². The van der Waals surface area contributed by atoms with Gasteiger partial charge in [-0.2, -0.15) is 5.26 Å². The highest BCUT2D eigenvalue weighted by Gasteiger charge is 2.38. The summed E-state index contributed by atoms with van der Waals surface area (Å²) in [5.41, 5.74) is 0. The van der Waals surface area contributed by atoms with Gasteiger partial charge in [0, 0.05) is 6.54 Å². The van der Waals surface area contributed by atoms with Crippen molar-refractivity contribution in [2.45, 2.75) is 44.8 Å². The fourth-order valence-corrected chi connectivity index (χ4v) is 2.35. The minimum absolute atomic E-state index is 0.325. The van der Waals surface area contributed by atoms with Crippen LogP contribution >= 0.6 is 0 Å². The van der Waals surface area contributed by atoms with Gasteiger partial charge >= 0.3 is 0 Å². The summed E-state index contributed by atoms with van der Waals surface area (Å²) < 4.78 is 24.4. The van der Waals surface area contributed by atoms with E-state index in [-0.39, 0.29) is 0 Å². The number of nitrogens with zero attached hydrogens (tertiary/aromatic N) is 1. The van der Waals surface area contributed by atoms with Crippen molar-refractivity contribution in [1.82, 2.24) is 4.72 Å². The first-order chi connectivity index (χ1) is 6.43. The number of hydrogen-bond donors (Lipinski definition) is 1. The van der Waals surface area contributed by atoms with Crippen LogP contribution in [-0.4, -0.2) is 19.7 Å². The summed E-state index contributed by atoms with van der Waals surface area (Å²) in [7, 11) is -3.51. The summed E-state index contributed by atoms with van der Waals surface area (Å²) in [5, 5.41) is 8.91. The van der Waals surface area contributed by atoms with Gasteiger partial charge in [0.2, 0.25) is 10.0 Å². The van der Waals surface area contributed by atoms with E-state index in [1.54, 1.807) is 6.92 Å². The van der Waals surface area contributed by atoms with Gasteiger partial charge in [-0.25, -0.2) is 13.1 Å². The molecular formula is C9H18N2O2S. The Hall–Kier alpha value is -0.600. The van der Waals surface area contributed by atoms with Crippen LogP contribution in [0.1, 0.15) is 40.0 Å². The average molecular weight is 218 g/mol. The van der Waals surface area contributed by atoms with Crippen molar-refractivity contribution in [3.63, 3.8) is 0 Å². The number of rotatable bonds is 6. The lowest BCUT2D eigenvalue weighted by Crippen LogP contribution is -2.42. The molecule has 0 aromatic rings. The minimum Gasteiger partial charge on any atom is -0.214 e. The highest BCUT2D eigenvalue weighted by Crippen LogP contribution is 2.22. The zero-order valence-electron chi connectivity index (χ0n) is 9.00. The Labute approximate surface area is 86.4 Å². The molecule has 1 unspecified atom stereocenters. The van der Waals surface area contributed by atoms with Crippen LogP contribution in [0.2, 0.25) is 0 Å². The van der Waals surface area contributed by atoms with Crippen LogP contribution in [0.4, 0.5) is 0 Å². The smallest absolute Gasteiger partial charge is 0.214 e. The fourth-order valence-electron chi connectivity index (χ4n) is 1.11. The van der Waals surface area contributed by atoms with Gasteiger partial charge in [-0.15, -0.1) is 0 Å². The summed E-state index contributed by atoms with van der Waals surface area (Å²) in [6.45, 7) is 5.47. The fraction of sp³-hybridized carbons (Fsp3) is 0.889. The van der Waals surface area contributed by atoms with Gasteiger partial charge < -0.3 is 0 Å². The number of hydrogen-bond acceptors (Lipinski definition) is 3. The van der Waals surface area contributed by atoms with Crippen LogP contribution in [0, 0.1) is 11.3 Å². The molecule has 4 nitrogen and oxygen atoms in total. The summed E-state index contributed by atoms with van der Waals surface area (Å²) in [5.74, 6) is 0. The Morgan fingerprint density at radius 2 is 2.00 bits per heavy atom. The number of unbranched alkanes of at least 4 members (excludes halogenated alkanes) is 1. The van der Waals surface area contributed by atoms with E-state index < -0.39 is 14.8 Å². The summed E-state index contributed by atoms with van der Waals surface area (Å²) in [6.07, 6.45) is 2.02. The molecule has 5 heteroatoms. The Kier molecular flexibility index (Phi) is 5.09. The van der Waals surface area contributed by atoms with Gasteiger partial charge in [0.15, 0.2) is 4.75 Å². The molecule has 82 valence electrons. The predicted octanol–water partition coefficient (Wildman–Crippen LogP) is 1.40. The topological polar surface area (TPSA) is 70.0 Å². The van der Waals surface area contributed by atoms with Crippen molar-refractivity contribution in [3.8, 4) is 6.07 Å². The second-order valence-corrected chi connectivity index (χ2v) is 5.64. The molecule has 0 aromatic heterocycles. The Balaban J connectivity index is 4.78. The standard InChI is InChI=1S/C9H18N2O2S/c1-4-6-7-9(3,8-10)14(12,13)11-5-2/h11H,4-7H2,1-3H3. The molecule has 0 aliphatic carbocycles. The first-order valence-corrected chi connectivity index (χ1v) is 6.32. The summed E-state index contributed by atoms with van der Waals surface area (Å²) in [6, 6.07) is 1.89. The molecule has 1 atom stereocenters. The predicted molar refractivity (Wildman–Crippen MR) is 56.1 cm³/mol. The Bertz CT molecular complexity index is 305. The third-order valence-electron chi connectivity index (χ3n) is 2.17. The lowest BCUT2D eigenvalue weighted by molar-refractivity contribution is 0.531. The SMILES string of the molecule is CCCCC(C)(C#N)S(=O)(=O)NCC. The van der Waals surface area contributed by atoms with E-state index in [4.69, 9.17) is 5.26 Å². The van der Waals surface area contributed by atoms with Gasteiger partial charge in [-0.1, -0.05) is 26.7 Å². The third-order valence-corrected chi connectivity index (χ3v) is 4.32. The lowest BCUT2D eigenvalue weighted by Gasteiger charge is -2.21. The molecule has 0 heterocycles. The molecule has 0 spiro atoms. The average Bonchev–Trinajstić information content (AvgIpc) is 2.13. The van der Waals surface area contributed by atoms with Crippen molar-refractivity contribution in [2.24, 2.45) is 0 Å². The van der Waals surface area contributed by atoms with Crippen LogP contribution in [0.25, 0.3) is 0 Å². The van der Waals surface area contributed by atoms with Crippen LogP contribution in [0.3, 0.4) is 0 Å². The number of nitrogens with one attached hydrogen (secondary N) is 1. The second kappa shape index (κ2) is 5.32. The van der Waals surface area contributed by atoms with Crippen LogP contribution in [0.15, 0.2) is 0 Å². The molecule has 0 rings (SSSR count). The molecule has 0 bridgehead atoms. The third kappa shape index (κ3) is 2.96. The maximum absolute atomic E-state index is 11.7. The molecule has 14 heavy (non-hydrogen) atoms. The highest BCUT2D eigenvalue weighted by atomic mass is 32.2. The zero-order valence-corrected chi connectivity index (χ0v) is 9.82. The maximum atomic E-state index is 11.7. The summed E-state index contributed by atoms with van der Waals surface area (Å²) >= 11 is 0. The van der Waals surface area contributed by atoms with Crippen molar-refractivity contribution in [3.05, 3.63) is 0 Å². The van der Waals surface area contributed by atoms with Crippen molar-refractivity contribution < 1.29 is 8.42 Å². The van der Waals surface area contributed by atoms with E-state index in [2.05, 4.69) is 4.72 Å². The van der Waals surface area contributed by atoms with Crippen LogP contribution in [-0.2, 0) is 10.0 Å². The van der Waals surface area contributed by atoms with Crippen LogP contribution < -0.4 is 4.72 Å². The zero-order chi connectivity index (χ0) is 11.2. The molecular weight excluding hydrogens is 200 g/mol. The Morgan fingerprint density at radius 3 is 2.36 bits per heavy atom. The highest BCUT2D eigenvalue weighted by molar-refractivity contribution is 7.91. The van der Waals surface area contributed by atoms with Gasteiger partial charge in [0.05, 0.1) is 6.07 Å². The van der Waals surface area contributed by atoms with Crippen LogP contribution in [0.5, 0.6) is 0 Å². The van der Waals surface area contributed by atoms with Crippen molar-refractivity contribution >= 4 is 10.0 Å². The van der Waals surface area contributed by atoms with E-state index >= 15 is 0 Å². The molecule has 0 amide bonds. The minimum atomic E-state index is -3.51. The van der Waals surface area contributed by atoms with E-state index in [0.717, 1.165) is 12.8 Å². The molecule has 0 aromatic carbocycles. The number of nitriles is 1. The molecule has 0 fully saturated rings. The largest absolute Gasteiger partial charge is 0.230 e. The molecule has 0 saturated carbocycles. The molecule has 0 saturated heterocycles. The Morgan fingerprint density at radius 1 is 1.43 bits per heavy atom. The van der Waals surface area contributed by atoms with Crippen molar-refractivity contribution in [1.29, 1.82) is 5.26 Å². The number of sulfonamides is 1. The first kappa shape index (κ1) is 13.4. The van der Waals surface area contributed by atoms with E-state index in [0.29, 0.717) is 13.0 Å². The molecule has 0 aliphatic rings. The quantitative estimate of drug-likeness (QED) is 0.732. The molecule has 1 N–H and O–H groups in total. The van der Waals surface area contributed by atoms with E-state index in [1.165, 1.54) is 6.92 Å². The molecule has 0 aliphatic heterocycles. The van der Waals surface area contributed by atoms with Gasteiger partial charge in [-0.3, -0.25) is 0 Å².